The molecule has 1 atom stereocenters. The van der Waals surface area contributed by atoms with Crippen molar-refractivity contribution in [3.8, 4) is 5.88 Å². The van der Waals surface area contributed by atoms with Gasteiger partial charge in [-0.1, -0.05) is 19.9 Å². The van der Waals surface area contributed by atoms with Crippen LogP contribution in [-0.2, 0) is 9.53 Å². The quantitative estimate of drug-likeness (QED) is 0.867. The molecule has 112 valence electrons. The van der Waals surface area contributed by atoms with E-state index in [0.717, 1.165) is 0 Å². The number of aromatic nitrogens is 2. The summed E-state index contributed by atoms with van der Waals surface area (Å²) in [4.78, 5) is 28.2. The molecule has 0 saturated carbocycles. The van der Waals surface area contributed by atoms with E-state index in [1.165, 1.54) is 11.5 Å². The van der Waals surface area contributed by atoms with E-state index >= 15 is 0 Å². The molecule has 6 nitrogen and oxygen atoms in total. The molecular weight excluding hydrogens is 272 g/mol. The number of methoxy groups -OCH3 is 1. The molecule has 1 unspecified atom stereocenters. The molecule has 2 aromatic heterocycles. The van der Waals surface area contributed by atoms with Crippen molar-refractivity contribution in [1.82, 2.24) is 9.38 Å². The van der Waals surface area contributed by atoms with E-state index in [1.807, 2.05) is 13.8 Å². The van der Waals surface area contributed by atoms with Crippen LogP contribution in [0.5, 0.6) is 5.88 Å². The molecule has 0 aromatic carbocycles. The third-order valence-electron chi connectivity index (χ3n) is 3.54. The Morgan fingerprint density at radius 2 is 2.14 bits per heavy atom. The van der Waals surface area contributed by atoms with Crippen LogP contribution >= 0.6 is 0 Å². The highest BCUT2D eigenvalue weighted by Gasteiger charge is 2.27. The van der Waals surface area contributed by atoms with Crippen LogP contribution in [0.4, 0.5) is 0 Å². The van der Waals surface area contributed by atoms with Crippen LogP contribution in [0.2, 0.25) is 0 Å². The van der Waals surface area contributed by atoms with E-state index in [9.17, 15) is 14.7 Å². The lowest BCUT2D eigenvalue weighted by atomic mass is 9.86. The fourth-order valence-electron chi connectivity index (χ4n) is 2.35. The average molecular weight is 290 g/mol. The highest BCUT2D eigenvalue weighted by Crippen LogP contribution is 2.30. The number of esters is 1. The van der Waals surface area contributed by atoms with Crippen molar-refractivity contribution in [2.75, 3.05) is 7.11 Å². The number of ether oxygens (including phenoxy) is 1. The van der Waals surface area contributed by atoms with Crippen LogP contribution < -0.4 is 5.56 Å². The Bertz CT molecular complexity index is 721. The summed E-state index contributed by atoms with van der Waals surface area (Å²) in [6, 6.07) is 5.08. The number of pyridine rings is 1. The Hall–Kier alpha value is -2.37. The summed E-state index contributed by atoms with van der Waals surface area (Å²) in [5.41, 5.74) is 0.157. The van der Waals surface area contributed by atoms with E-state index in [2.05, 4.69) is 9.72 Å². The molecule has 0 aliphatic heterocycles. The van der Waals surface area contributed by atoms with E-state index in [4.69, 9.17) is 0 Å². The van der Waals surface area contributed by atoms with Crippen LogP contribution in [0.15, 0.2) is 29.2 Å². The normalized spacial score (nSPS) is 12.6. The standard InChI is InChI=1S/C15H18N2O4/c1-9(2)10(8-12(18)21-3)13-14(19)16-11-6-4-5-7-17(11)15(13)20/h4-7,9-10,19H,8H2,1-3H3. The van der Waals surface area contributed by atoms with Gasteiger partial charge in [0.1, 0.15) is 5.65 Å². The smallest absolute Gasteiger partial charge is 0.306 e. The number of nitrogens with zero attached hydrogens (tertiary/aromatic N) is 2. The van der Waals surface area contributed by atoms with Crippen molar-refractivity contribution in [2.45, 2.75) is 26.2 Å². The van der Waals surface area contributed by atoms with Gasteiger partial charge in [-0.05, 0) is 18.1 Å². The van der Waals surface area contributed by atoms with Gasteiger partial charge < -0.3 is 9.84 Å². The van der Waals surface area contributed by atoms with Crippen molar-refractivity contribution < 1.29 is 14.6 Å². The van der Waals surface area contributed by atoms with Gasteiger partial charge in [0, 0.05) is 12.1 Å². The van der Waals surface area contributed by atoms with Gasteiger partial charge in [0.15, 0.2) is 0 Å². The molecule has 0 saturated heterocycles. The van der Waals surface area contributed by atoms with Crippen LogP contribution in [0.25, 0.3) is 5.65 Å². The summed E-state index contributed by atoms with van der Waals surface area (Å²) in [7, 11) is 1.30. The molecule has 0 bridgehead atoms. The molecule has 2 aromatic rings. The predicted molar refractivity (Wildman–Crippen MR) is 77.3 cm³/mol. The van der Waals surface area contributed by atoms with Crippen LogP contribution in [-0.4, -0.2) is 27.6 Å². The molecule has 1 N–H and O–H groups in total. The van der Waals surface area contributed by atoms with Gasteiger partial charge in [-0.15, -0.1) is 0 Å². The van der Waals surface area contributed by atoms with Crippen molar-refractivity contribution in [1.29, 1.82) is 0 Å². The summed E-state index contributed by atoms with van der Waals surface area (Å²) < 4.78 is 6.03. The van der Waals surface area contributed by atoms with Gasteiger partial charge in [0.2, 0.25) is 5.88 Å². The van der Waals surface area contributed by atoms with Crippen LogP contribution in [0.1, 0.15) is 31.7 Å². The first-order valence-corrected chi connectivity index (χ1v) is 6.72. The summed E-state index contributed by atoms with van der Waals surface area (Å²) in [6.07, 6.45) is 1.61. The zero-order valence-electron chi connectivity index (χ0n) is 12.2. The number of carbonyl (C=O) groups is 1. The molecule has 2 rings (SSSR count). The third kappa shape index (κ3) is 2.89. The minimum atomic E-state index is -0.449. The van der Waals surface area contributed by atoms with Gasteiger partial charge in [-0.25, -0.2) is 0 Å². The molecule has 6 heteroatoms. The minimum Gasteiger partial charge on any atom is -0.493 e. The number of carbonyl (C=O) groups excluding carboxylic acids is 1. The molecule has 0 amide bonds. The Kier molecular flexibility index (Phi) is 4.26. The van der Waals surface area contributed by atoms with Crippen LogP contribution in [0.3, 0.4) is 0 Å². The first-order chi connectivity index (χ1) is 9.95. The second kappa shape index (κ2) is 5.95. The molecular formula is C15H18N2O4. The Morgan fingerprint density at radius 1 is 1.43 bits per heavy atom. The predicted octanol–water partition coefficient (Wildman–Crippen LogP) is 1.70. The monoisotopic (exact) mass is 290 g/mol. The number of fused-ring (bicyclic) bond motifs is 1. The maximum atomic E-state index is 12.6. The molecule has 0 fully saturated rings. The lowest BCUT2D eigenvalue weighted by Crippen LogP contribution is -2.26. The minimum absolute atomic E-state index is 0.0220. The van der Waals surface area contributed by atoms with E-state index in [1.54, 1.807) is 24.4 Å². The summed E-state index contributed by atoms with van der Waals surface area (Å²) in [5.74, 6) is -1.22. The fourth-order valence-corrected chi connectivity index (χ4v) is 2.35. The molecule has 0 aliphatic rings. The second-order valence-electron chi connectivity index (χ2n) is 5.21. The van der Waals surface area contributed by atoms with Gasteiger partial charge >= 0.3 is 5.97 Å². The molecule has 21 heavy (non-hydrogen) atoms. The van der Waals surface area contributed by atoms with E-state index < -0.39 is 11.9 Å². The van der Waals surface area contributed by atoms with Gasteiger partial charge in [0.05, 0.1) is 19.1 Å². The zero-order chi connectivity index (χ0) is 15.6. The number of hydrogen-bond acceptors (Lipinski definition) is 5. The molecule has 0 spiro atoms. The van der Waals surface area contributed by atoms with Crippen molar-refractivity contribution in [3.05, 3.63) is 40.3 Å². The van der Waals surface area contributed by atoms with E-state index in [-0.39, 0.29) is 29.3 Å². The van der Waals surface area contributed by atoms with Gasteiger partial charge in [-0.3, -0.25) is 14.0 Å². The summed E-state index contributed by atoms with van der Waals surface area (Å²) >= 11 is 0. The highest BCUT2D eigenvalue weighted by atomic mass is 16.5. The topological polar surface area (TPSA) is 80.9 Å². The molecule has 0 aliphatic carbocycles. The lowest BCUT2D eigenvalue weighted by Gasteiger charge is -2.20. The lowest BCUT2D eigenvalue weighted by molar-refractivity contribution is -0.141. The largest absolute Gasteiger partial charge is 0.493 e. The average Bonchev–Trinajstić information content (AvgIpc) is 2.45. The Morgan fingerprint density at radius 3 is 2.76 bits per heavy atom. The van der Waals surface area contributed by atoms with Gasteiger partial charge in [0.25, 0.3) is 5.56 Å². The third-order valence-corrected chi connectivity index (χ3v) is 3.54. The number of aromatic hydroxyl groups is 1. The first kappa shape index (κ1) is 15.0. The highest BCUT2D eigenvalue weighted by molar-refractivity contribution is 5.70. The molecule has 0 radical (unpaired) electrons. The van der Waals surface area contributed by atoms with Crippen LogP contribution in [0, 0.1) is 5.92 Å². The number of hydrogen-bond donors (Lipinski definition) is 1. The van der Waals surface area contributed by atoms with Crippen molar-refractivity contribution in [3.63, 3.8) is 0 Å². The van der Waals surface area contributed by atoms with Gasteiger partial charge in [-0.2, -0.15) is 4.98 Å². The maximum Gasteiger partial charge on any atom is 0.306 e. The van der Waals surface area contributed by atoms with Crippen molar-refractivity contribution in [2.24, 2.45) is 5.92 Å². The van der Waals surface area contributed by atoms with Crippen molar-refractivity contribution >= 4 is 11.6 Å². The Balaban J connectivity index is 2.62. The first-order valence-electron chi connectivity index (χ1n) is 6.72. The maximum absolute atomic E-state index is 12.6. The SMILES string of the molecule is COC(=O)CC(c1c(O)nc2ccccn2c1=O)C(C)C. The summed E-state index contributed by atoms with van der Waals surface area (Å²) in [6.45, 7) is 3.76. The fraction of sp³-hybridized carbons (Fsp3) is 0.400. The van der Waals surface area contributed by atoms with E-state index in [0.29, 0.717) is 5.65 Å². The number of rotatable bonds is 4. The second-order valence-corrected chi connectivity index (χ2v) is 5.21. The molecule has 2 heterocycles. The Labute approximate surface area is 122 Å². The zero-order valence-corrected chi connectivity index (χ0v) is 12.2. The summed E-state index contributed by atoms with van der Waals surface area (Å²) in [5, 5.41) is 10.1.